The van der Waals surface area contributed by atoms with E-state index in [1.807, 2.05) is 13.0 Å². The van der Waals surface area contributed by atoms with Gasteiger partial charge in [-0.3, -0.25) is 4.79 Å². The summed E-state index contributed by atoms with van der Waals surface area (Å²) < 4.78 is 1.52. The molecule has 0 spiro atoms. The molecule has 0 aliphatic rings. The minimum absolute atomic E-state index is 0.121. The molecule has 0 bridgehead atoms. The molecular weight excluding hydrogens is 194 g/mol. The number of pyridine rings is 1. The highest BCUT2D eigenvalue weighted by Gasteiger charge is 2.00. The van der Waals surface area contributed by atoms with Crippen molar-refractivity contribution in [3.63, 3.8) is 0 Å². The van der Waals surface area contributed by atoms with Crippen LogP contribution in [0.15, 0.2) is 34.6 Å². The Balaban J connectivity index is 2.96. The topological polar surface area (TPSA) is 59.3 Å². The fraction of sp³-hybridized carbons (Fsp3) is 0.273. The molecule has 0 amide bonds. The molecule has 1 rings (SSSR count). The molecule has 80 valence electrons. The summed E-state index contributed by atoms with van der Waals surface area (Å²) >= 11 is 0. The molecular formula is C11H13NO3. The third-order valence-corrected chi connectivity index (χ3v) is 2.19. The molecule has 0 fully saturated rings. The van der Waals surface area contributed by atoms with Crippen LogP contribution in [0, 0.1) is 6.92 Å². The van der Waals surface area contributed by atoms with Crippen LogP contribution in [-0.2, 0) is 11.3 Å². The van der Waals surface area contributed by atoms with E-state index in [-0.39, 0.29) is 11.1 Å². The molecule has 4 heteroatoms. The van der Waals surface area contributed by atoms with Crippen molar-refractivity contribution in [1.82, 2.24) is 4.57 Å². The number of hydrogen-bond acceptors (Lipinski definition) is 2. The number of aromatic nitrogens is 1. The van der Waals surface area contributed by atoms with E-state index in [9.17, 15) is 9.59 Å². The molecule has 15 heavy (non-hydrogen) atoms. The van der Waals surface area contributed by atoms with Gasteiger partial charge in [0.2, 0.25) is 0 Å². The van der Waals surface area contributed by atoms with Gasteiger partial charge in [0, 0.05) is 23.9 Å². The molecule has 0 radical (unpaired) electrons. The third kappa shape index (κ3) is 2.80. The summed E-state index contributed by atoms with van der Waals surface area (Å²) in [6.45, 7) is 3.61. The number of aryl methyl sites for hydroxylation is 1. The van der Waals surface area contributed by atoms with Gasteiger partial charge in [0.05, 0.1) is 0 Å². The number of carboxylic acid groups (broad SMARTS) is 1. The lowest BCUT2D eigenvalue weighted by atomic mass is 10.3. The largest absolute Gasteiger partial charge is 0.478 e. The molecule has 0 saturated heterocycles. The summed E-state index contributed by atoms with van der Waals surface area (Å²) in [4.78, 5) is 21.9. The average molecular weight is 207 g/mol. The van der Waals surface area contributed by atoms with Crippen molar-refractivity contribution < 1.29 is 9.90 Å². The van der Waals surface area contributed by atoms with Crippen molar-refractivity contribution >= 4 is 5.97 Å². The number of nitrogens with zero attached hydrogens (tertiary/aromatic N) is 1. The van der Waals surface area contributed by atoms with Gasteiger partial charge in [0.15, 0.2) is 0 Å². The van der Waals surface area contributed by atoms with Crippen molar-refractivity contribution in [3.8, 4) is 0 Å². The van der Waals surface area contributed by atoms with E-state index in [1.165, 1.54) is 23.6 Å². The van der Waals surface area contributed by atoms with Crippen molar-refractivity contribution in [2.45, 2.75) is 20.4 Å². The van der Waals surface area contributed by atoms with Crippen LogP contribution >= 0.6 is 0 Å². The fourth-order valence-corrected chi connectivity index (χ4v) is 1.17. The summed E-state index contributed by atoms with van der Waals surface area (Å²) in [5.74, 6) is -0.961. The second-order valence-electron chi connectivity index (χ2n) is 3.31. The molecule has 1 aromatic heterocycles. The Bertz CT molecular complexity index is 457. The van der Waals surface area contributed by atoms with Gasteiger partial charge < -0.3 is 9.67 Å². The van der Waals surface area contributed by atoms with Gasteiger partial charge in [-0.2, -0.15) is 0 Å². The van der Waals surface area contributed by atoms with Gasteiger partial charge in [-0.25, -0.2) is 4.79 Å². The Morgan fingerprint density at radius 1 is 1.53 bits per heavy atom. The normalized spacial score (nSPS) is 11.5. The van der Waals surface area contributed by atoms with Crippen molar-refractivity contribution in [1.29, 1.82) is 0 Å². The van der Waals surface area contributed by atoms with Crippen LogP contribution in [0.3, 0.4) is 0 Å². The summed E-state index contributed by atoms with van der Waals surface area (Å²) in [5, 5.41) is 8.64. The quantitative estimate of drug-likeness (QED) is 0.757. The predicted molar refractivity (Wildman–Crippen MR) is 56.8 cm³/mol. The number of allylic oxidation sites excluding steroid dienone is 1. The van der Waals surface area contributed by atoms with Gasteiger partial charge in [-0.05, 0) is 19.9 Å². The van der Waals surface area contributed by atoms with Gasteiger partial charge in [-0.15, -0.1) is 0 Å². The molecule has 1 aromatic rings. The van der Waals surface area contributed by atoms with Crippen LogP contribution in [0.1, 0.15) is 12.6 Å². The summed E-state index contributed by atoms with van der Waals surface area (Å²) in [5.41, 5.74) is 0.937. The molecule has 0 unspecified atom stereocenters. The molecule has 0 aliphatic carbocycles. The van der Waals surface area contributed by atoms with Crippen LogP contribution in [0.4, 0.5) is 0 Å². The first-order valence-corrected chi connectivity index (χ1v) is 4.59. The minimum Gasteiger partial charge on any atom is -0.478 e. The van der Waals surface area contributed by atoms with Crippen molar-refractivity contribution in [3.05, 3.63) is 45.9 Å². The fourth-order valence-electron chi connectivity index (χ4n) is 1.17. The number of carbonyl (C=O) groups is 1. The highest BCUT2D eigenvalue weighted by Crippen LogP contribution is 1.97. The van der Waals surface area contributed by atoms with Crippen LogP contribution in [0.5, 0.6) is 0 Å². The SMILES string of the molecule is C/C(=C/Cn1c(C)cccc1=O)C(=O)O. The second-order valence-corrected chi connectivity index (χ2v) is 3.31. The molecule has 1 heterocycles. The standard InChI is InChI=1S/C11H13NO3/c1-8(11(14)15)6-7-12-9(2)4-3-5-10(12)13/h3-6H,7H2,1-2H3,(H,14,15)/b8-6-. The number of rotatable bonds is 3. The first-order valence-electron chi connectivity index (χ1n) is 4.59. The maximum atomic E-state index is 11.4. The Kier molecular flexibility index (Phi) is 3.44. The molecule has 0 aromatic carbocycles. The zero-order valence-corrected chi connectivity index (χ0v) is 8.73. The lowest BCUT2D eigenvalue weighted by Crippen LogP contribution is -2.20. The lowest BCUT2D eigenvalue weighted by Gasteiger charge is -2.05. The van der Waals surface area contributed by atoms with Crippen LogP contribution in [0.2, 0.25) is 0 Å². The van der Waals surface area contributed by atoms with Crippen LogP contribution in [0.25, 0.3) is 0 Å². The Morgan fingerprint density at radius 2 is 2.20 bits per heavy atom. The number of aliphatic carboxylic acids is 1. The van der Waals surface area contributed by atoms with Crippen molar-refractivity contribution in [2.75, 3.05) is 0 Å². The summed E-state index contributed by atoms with van der Waals surface area (Å²) in [7, 11) is 0. The zero-order chi connectivity index (χ0) is 11.4. The van der Waals surface area contributed by atoms with Gasteiger partial charge in [0.25, 0.3) is 5.56 Å². The second kappa shape index (κ2) is 4.59. The Labute approximate surface area is 87.5 Å². The first kappa shape index (κ1) is 11.2. The van der Waals surface area contributed by atoms with Crippen LogP contribution < -0.4 is 5.56 Å². The Hall–Kier alpha value is -1.84. The van der Waals surface area contributed by atoms with Crippen molar-refractivity contribution in [2.24, 2.45) is 0 Å². The molecule has 0 saturated carbocycles. The highest BCUT2D eigenvalue weighted by molar-refractivity contribution is 5.85. The number of hydrogen-bond donors (Lipinski definition) is 1. The van der Waals surface area contributed by atoms with E-state index in [0.29, 0.717) is 6.54 Å². The summed E-state index contributed by atoms with van der Waals surface area (Å²) in [6.07, 6.45) is 1.52. The van der Waals surface area contributed by atoms with Gasteiger partial charge in [-0.1, -0.05) is 12.1 Å². The van der Waals surface area contributed by atoms with E-state index in [0.717, 1.165) is 5.69 Å². The summed E-state index contributed by atoms with van der Waals surface area (Å²) in [6, 6.07) is 4.95. The van der Waals surface area contributed by atoms with E-state index < -0.39 is 5.97 Å². The van der Waals surface area contributed by atoms with E-state index in [4.69, 9.17) is 5.11 Å². The van der Waals surface area contributed by atoms with Crippen LogP contribution in [-0.4, -0.2) is 15.6 Å². The predicted octanol–water partition coefficient (Wildman–Crippen LogP) is 1.19. The third-order valence-electron chi connectivity index (χ3n) is 2.19. The average Bonchev–Trinajstić information content (AvgIpc) is 2.16. The Morgan fingerprint density at radius 3 is 2.73 bits per heavy atom. The van der Waals surface area contributed by atoms with E-state index in [2.05, 4.69) is 0 Å². The molecule has 0 atom stereocenters. The monoisotopic (exact) mass is 207 g/mol. The molecule has 0 aliphatic heterocycles. The number of carboxylic acids is 1. The maximum absolute atomic E-state index is 11.4. The smallest absolute Gasteiger partial charge is 0.331 e. The molecule has 4 nitrogen and oxygen atoms in total. The van der Waals surface area contributed by atoms with Gasteiger partial charge >= 0.3 is 5.97 Å². The molecule has 1 N–H and O–H groups in total. The minimum atomic E-state index is -0.961. The zero-order valence-electron chi connectivity index (χ0n) is 8.73. The lowest BCUT2D eigenvalue weighted by molar-refractivity contribution is -0.132. The maximum Gasteiger partial charge on any atom is 0.331 e. The van der Waals surface area contributed by atoms with E-state index in [1.54, 1.807) is 6.07 Å². The van der Waals surface area contributed by atoms with Gasteiger partial charge in [0.1, 0.15) is 0 Å². The van der Waals surface area contributed by atoms with E-state index >= 15 is 0 Å². The first-order chi connectivity index (χ1) is 7.02. The highest BCUT2D eigenvalue weighted by atomic mass is 16.4.